The zero-order valence-corrected chi connectivity index (χ0v) is 15.3. The maximum Gasteiger partial charge on any atom is 0.256 e. The number of fused-ring (bicyclic) bond motifs is 1. The van der Waals surface area contributed by atoms with E-state index in [1.54, 1.807) is 4.90 Å². The molecule has 0 N–H and O–H groups in total. The lowest BCUT2D eigenvalue weighted by Gasteiger charge is -2.35. The SMILES string of the molecule is Cc1nc2cc(F)cc(C(=O)N3CCN(CC(C)C)CC3)c2nc1C. The minimum atomic E-state index is -0.452. The number of hydrogen-bond acceptors (Lipinski definition) is 4. The normalized spacial score (nSPS) is 16.0. The molecule has 2 heterocycles. The van der Waals surface area contributed by atoms with E-state index in [4.69, 9.17) is 0 Å². The molecule has 3 rings (SSSR count). The first-order chi connectivity index (χ1) is 11.8. The van der Waals surface area contributed by atoms with Gasteiger partial charge in [0.1, 0.15) is 11.3 Å². The maximum absolute atomic E-state index is 14.0. The van der Waals surface area contributed by atoms with E-state index in [-0.39, 0.29) is 5.91 Å². The van der Waals surface area contributed by atoms with Crippen molar-refractivity contribution >= 4 is 16.9 Å². The summed E-state index contributed by atoms with van der Waals surface area (Å²) in [6.45, 7) is 12.1. The van der Waals surface area contributed by atoms with Gasteiger partial charge in [-0.15, -0.1) is 0 Å². The van der Waals surface area contributed by atoms with E-state index in [0.717, 1.165) is 31.0 Å². The van der Waals surface area contributed by atoms with Gasteiger partial charge in [-0.05, 0) is 25.8 Å². The van der Waals surface area contributed by atoms with E-state index in [1.165, 1.54) is 12.1 Å². The number of carbonyl (C=O) groups is 1. The van der Waals surface area contributed by atoms with Crippen molar-refractivity contribution in [1.29, 1.82) is 0 Å². The van der Waals surface area contributed by atoms with E-state index in [0.29, 0.717) is 35.6 Å². The Bertz CT molecular complexity index is 798. The van der Waals surface area contributed by atoms with Gasteiger partial charge in [0.2, 0.25) is 0 Å². The molecule has 0 spiro atoms. The highest BCUT2D eigenvalue weighted by Crippen LogP contribution is 2.21. The van der Waals surface area contributed by atoms with Crippen LogP contribution in [0.4, 0.5) is 4.39 Å². The number of aromatic nitrogens is 2. The predicted octanol–water partition coefficient (Wildman–Crippen LogP) is 2.80. The zero-order valence-electron chi connectivity index (χ0n) is 15.3. The summed E-state index contributed by atoms with van der Waals surface area (Å²) in [5.41, 5.74) is 2.74. The Morgan fingerprint density at radius 3 is 2.40 bits per heavy atom. The molecule has 25 heavy (non-hydrogen) atoms. The van der Waals surface area contributed by atoms with E-state index in [9.17, 15) is 9.18 Å². The van der Waals surface area contributed by atoms with Gasteiger partial charge in [-0.25, -0.2) is 14.4 Å². The van der Waals surface area contributed by atoms with Crippen LogP contribution in [0.25, 0.3) is 11.0 Å². The molecule has 5 nitrogen and oxygen atoms in total. The smallest absolute Gasteiger partial charge is 0.256 e. The third-order valence-corrected chi connectivity index (χ3v) is 4.66. The van der Waals surface area contributed by atoms with Crippen molar-refractivity contribution < 1.29 is 9.18 Å². The first-order valence-corrected chi connectivity index (χ1v) is 8.81. The van der Waals surface area contributed by atoms with Crippen molar-refractivity contribution in [2.45, 2.75) is 27.7 Å². The van der Waals surface area contributed by atoms with Crippen LogP contribution in [0.15, 0.2) is 12.1 Å². The first-order valence-electron chi connectivity index (χ1n) is 8.81. The van der Waals surface area contributed by atoms with Gasteiger partial charge in [0.05, 0.1) is 22.5 Å². The Hall–Kier alpha value is -2.08. The van der Waals surface area contributed by atoms with Gasteiger partial charge >= 0.3 is 0 Å². The molecule has 1 fully saturated rings. The van der Waals surface area contributed by atoms with Crippen LogP contribution < -0.4 is 0 Å². The monoisotopic (exact) mass is 344 g/mol. The predicted molar refractivity (Wildman–Crippen MR) is 96.2 cm³/mol. The van der Waals surface area contributed by atoms with E-state index < -0.39 is 5.82 Å². The lowest BCUT2D eigenvalue weighted by atomic mass is 10.1. The van der Waals surface area contributed by atoms with Gasteiger partial charge in [-0.3, -0.25) is 9.69 Å². The topological polar surface area (TPSA) is 49.3 Å². The third kappa shape index (κ3) is 3.79. The van der Waals surface area contributed by atoms with Crippen LogP contribution in [-0.2, 0) is 0 Å². The molecule has 1 aliphatic heterocycles. The fourth-order valence-corrected chi connectivity index (χ4v) is 3.28. The van der Waals surface area contributed by atoms with Crippen molar-refractivity contribution in [2.24, 2.45) is 5.92 Å². The fourth-order valence-electron chi connectivity index (χ4n) is 3.28. The lowest BCUT2D eigenvalue weighted by molar-refractivity contribution is 0.0625. The number of benzene rings is 1. The van der Waals surface area contributed by atoms with Crippen LogP contribution in [0.1, 0.15) is 35.6 Å². The number of amides is 1. The Labute approximate surface area is 147 Å². The van der Waals surface area contributed by atoms with Gasteiger partial charge in [0.25, 0.3) is 5.91 Å². The highest BCUT2D eigenvalue weighted by atomic mass is 19.1. The number of halogens is 1. The second-order valence-electron chi connectivity index (χ2n) is 7.20. The highest BCUT2D eigenvalue weighted by Gasteiger charge is 2.25. The minimum absolute atomic E-state index is 0.161. The summed E-state index contributed by atoms with van der Waals surface area (Å²) in [5.74, 6) is -0.00556. The number of aryl methyl sites for hydroxylation is 2. The first kappa shape index (κ1) is 17.7. The van der Waals surface area contributed by atoms with Gasteiger partial charge in [-0.2, -0.15) is 0 Å². The van der Waals surface area contributed by atoms with Gasteiger partial charge < -0.3 is 4.90 Å². The number of nitrogens with zero attached hydrogens (tertiary/aromatic N) is 4. The van der Waals surface area contributed by atoms with Crippen molar-refractivity contribution in [2.75, 3.05) is 32.7 Å². The molecular weight excluding hydrogens is 319 g/mol. The standard InChI is InChI=1S/C19H25FN4O/c1-12(2)11-23-5-7-24(8-6-23)19(25)16-9-15(20)10-17-18(16)22-14(4)13(3)21-17/h9-10,12H,5-8,11H2,1-4H3. The summed E-state index contributed by atoms with van der Waals surface area (Å²) in [5, 5.41) is 0. The summed E-state index contributed by atoms with van der Waals surface area (Å²) < 4.78 is 14.0. The largest absolute Gasteiger partial charge is 0.336 e. The molecule has 0 aliphatic carbocycles. The molecule has 1 amide bonds. The number of carbonyl (C=O) groups excluding carboxylic acids is 1. The minimum Gasteiger partial charge on any atom is -0.336 e. The van der Waals surface area contributed by atoms with Crippen LogP contribution in [-0.4, -0.2) is 58.4 Å². The molecule has 2 aromatic rings. The maximum atomic E-state index is 14.0. The van der Waals surface area contributed by atoms with Gasteiger partial charge in [0, 0.05) is 38.8 Å². The van der Waals surface area contributed by atoms with Crippen LogP contribution in [0.3, 0.4) is 0 Å². The van der Waals surface area contributed by atoms with Crippen LogP contribution in [0, 0.1) is 25.6 Å². The third-order valence-electron chi connectivity index (χ3n) is 4.66. The van der Waals surface area contributed by atoms with Crippen LogP contribution in [0.2, 0.25) is 0 Å². The highest BCUT2D eigenvalue weighted by molar-refractivity contribution is 6.04. The second-order valence-corrected chi connectivity index (χ2v) is 7.20. The molecular formula is C19H25FN4O. The number of piperazine rings is 1. The zero-order chi connectivity index (χ0) is 18.1. The number of hydrogen-bond donors (Lipinski definition) is 0. The fraction of sp³-hybridized carbons (Fsp3) is 0.526. The summed E-state index contributed by atoms with van der Waals surface area (Å²) in [7, 11) is 0. The van der Waals surface area contributed by atoms with Crippen LogP contribution in [0.5, 0.6) is 0 Å². The summed E-state index contributed by atoms with van der Waals surface area (Å²) in [6.07, 6.45) is 0. The van der Waals surface area contributed by atoms with E-state index in [2.05, 4.69) is 28.7 Å². The number of rotatable bonds is 3. The molecule has 134 valence electrons. The quantitative estimate of drug-likeness (QED) is 0.859. The summed E-state index contributed by atoms with van der Waals surface area (Å²) in [6, 6.07) is 2.63. The molecule has 0 saturated carbocycles. The van der Waals surface area contributed by atoms with E-state index in [1.807, 2.05) is 13.8 Å². The van der Waals surface area contributed by atoms with Crippen molar-refractivity contribution in [3.05, 3.63) is 34.9 Å². The Morgan fingerprint density at radius 1 is 1.12 bits per heavy atom. The van der Waals surface area contributed by atoms with Crippen molar-refractivity contribution in [1.82, 2.24) is 19.8 Å². The average Bonchev–Trinajstić information content (AvgIpc) is 2.55. The Balaban J connectivity index is 1.86. The Morgan fingerprint density at radius 2 is 1.76 bits per heavy atom. The summed E-state index contributed by atoms with van der Waals surface area (Å²) >= 11 is 0. The molecule has 1 aliphatic rings. The molecule has 0 unspecified atom stereocenters. The second kappa shape index (κ2) is 7.04. The average molecular weight is 344 g/mol. The van der Waals surface area contributed by atoms with E-state index >= 15 is 0 Å². The molecule has 0 radical (unpaired) electrons. The lowest BCUT2D eigenvalue weighted by Crippen LogP contribution is -2.49. The Kier molecular flexibility index (Phi) is 4.99. The molecule has 0 bridgehead atoms. The molecule has 1 aromatic carbocycles. The van der Waals surface area contributed by atoms with Crippen molar-refractivity contribution in [3.8, 4) is 0 Å². The molecule has 0 atom stereocenters. The van der Waals surface area contributed by atoms with Gasteiger partial charge in [0.15, 0.2) is 0 Å². The molecule has 6 heteroatoms. The van der Waals surface area contributed by atoms with Gasteiger partial charge in [-0.1, -0.05) is 13.8 Å². The van der Waals surface area contributed by atoms with Crippen molar-refractivity contribution in [3.63, 3.8) is 0 Å². The van der Waals surface area contributed by atoms with Crippen LogP contribution >= 0.6 is 0 Å². The molecule has 1 saturated heterocycles. The molecule has 1 aromatic heterocycles. The summed E-state index contributed by atoms with van der Waals surface area (Å²) in [4.78, 5) is 26.0.